The van der Waals surface area contributed by atoms with Crippen molar-refractivity contribution in [3.63, 3.8) is 0 Å². The lowest BCUT2D eigenvalue weighted by Gasteiger charge is -2.13. The van der Waals surface area contributed by atoms with Gasteiger partial charge in [0.2, 0.25) is 0 Å². The average Bonchev–Trinajstić information content (AvgIpc) is 2.89. The molecule has 2 atom stereocenters. The Morgan fingerprint density at radius 2 is 2.14 bits per heavy atom. The van der Waals surface area contributed by atoms with E-state index in [4.69, 9.17) is 10.4 Å². The predicted octanol–water partition coefficient (Wildman–Crippen LogP) is 1.85. The van der Waals surface area contributed by atoms with E-state index in [1.807, 2.05) is 0 Å². The molecule has 0 aliphatic heterocycles. The number of carbonyl (C=O) groups is 2. The van der Waals surface area contributed by atoms with Crippen LogP contribution in [0.15, 0.2) is 30.4 Å². The highest BCUT2D eigenvalue weighted by Crippen LogP contribution is 2.18. The Hall–Kier alpha value is -2.88. The molecule has 2 rings (SSSR count). The second-order valence-corrected chi connectivity index (χ2v) is 4.58. The molecule has 0 aromatic heterocycles. The van der Waals surface area contributed by atoms with Gasteiger partial charge in [0.1, 0.15) is 11.9 Å². The van der Waals surface area contributed by atoms with E-state index in [9.17, 15) is 14.0 Å². The minimum Gasteiger partial charge on any atom is -0.481 e. The zero-order chi connectivity index (χ0) is 15.4. The number of rotatable bonds is 3. The summed E-state index contributed by atoms with van der Waals surface area (Å²) in [4.78, 5) is 22.5. The smallest absolute Gasteiger partial charge is 0.319 e. The fraction of sp³-hybridized carbons (Fsp3) is 0.214. The van der Waals surface area contributed by atoms with E-state index < -0.39 is 23.7 Å². The van der Waals surface area contributed by atoms with Crippen molar-refractivity contribution in [3.05, 3.63) is 41.7 Å². The number of anilines is 1. The molecule has 0 fully saturated rings. The first-order chi connectivity index (χ1) is 9.99. The molecule has 7 heteroatoms. The average molecular weight is 289 g/mol. The van der Waals surface area contributed by atoms with Crippen LogP contribution in [0.3, 0.4) is 0 Å². The van der Waals surface area contributed by atoms with E-state index in [-0.39, 0.29) is 23.7 Å². The third-order valence-corrected chi connectivity index (χ3v) is 3.06. The van der Waals surface area contributed by atoms with E-state index in [0.717, 1.165) is 6.07 Å². The van der Waals surface area contributed by atoms with Crippen molar-refractivity contribution in [1.82, 2.24) is 5.32 Å². The number of hydrogen-bond donors (Lipinski definition) is 3. The third-order valence-electron chi connectivity index (χ3n) is 3.06. The van der Waals surface area contributed by atoms with Crippen molar-refractivity contribution < 1.29 is 19.1 Å². The second kappa shape index (κ2) is 6.05. The minimum absolute atomic E-state index is 0.167. The van der Waals surface area contributed by atoms with E-state index >= 15 is 0 Å². The Labute approximate surface area is 119 Å². The molecular formula is C14H12FN3O3. The Morgan fingerprint density at radius 3 is 2.76 bits per heavy atom. The first-order valence-corrected chi connectivity index (χ1v) is 6.18. The van der Waals surface area contributed by atoms with Crippen LogP contribution in [0.1, 0.15) is 12.0 Å². The van der Waals surface area contributed by atoms with Gasteiger partial charge in [-0.2, -0.15) is 5.26 Å². The maximum Gasteiger partial charge on any atom is 0.319 e. The Balaban J connectivity index is 1.93. The maximum absolute atomic E-state index is 13.1. The molecule has 6 nitrogen and oxygen atoms in total. The van der Waals surface area contributed by atoms with E-state index in [1.54, 1.807) is 12.1 Å². The van der Waals surface area contributed by atoms with Crippen LogP contribution >= 0.6 is 0 Å². The highest BCUT2D eigenvalue weighted by Gasteiger charge is 2.25. The number of halogens is 1. The molecule has 3 N–H and O–H groups in total. The van der Waals surface area contributed by atoms with Crippen LogP contribution in [0.25, 0.3) is 0 Å². The summed E-state index contributed by atoms with van der Waals surface area (Å²) >= 11 is 0. The quantitative estimate of drug-likeness (QED) is 0.739. The Kier molecular flexibility index (Phi) is 4.18. The molecule has 0 saturated heterocycles. The van der Waals surface area contributed by atoms with Crippen molar-refractivity contribution in [1.29, 1.82) is 5.26 Å². The number of amides is 2. The van der Waals surface area contributed by atoms with Gasteiger partial charge in [-0.05, 0) is 24.6 Å². The molecular weight excluding hydrogens is 277 g/mol. The van der Waals surface area contributed by atoms with Crippen molar-refractivity contribution in [2.75, 3.05) is 5.32 Å². The van der Waals surface area contributed by atoms with Crippen molar-refractivity contribution >= 4 is 17.7 Å². The molecule has 2 unspecified atom stereocenters. The molecule has 0 saturated carbocycles. The molecule has 2 amide bonds. The highest BCUT2D eigenvalue weighted by molar-refractivity contribution is 5.90. The monoisotopic (exact) mass is 289 g/mol. The zero-order valence-electron chi connectivity index (χ0n) is 10.8. The number of urea groups is 1. The Morgan fingerprint density at radius 1 is 1.38 bits per heavy atom. The molecule has 0 spiro atoms. The second-order valence-electron chi connectivity index (χ2n) is 4.58. The SMILES string of the molecule is N#Cc1cc(NC(=O)NC2C=CC(C(=O)O)C2)ccc1F. The standard InChI is InChI=1S/C14H12FN3O3/c15-12-4-3-11(6-9(12)7-16)18-14(21)17-10-2-1-8(5-10)13(19)20/h1-4,6,8,10H,5H2,(H,19,20)(H2,17,18,21). The van der Waals surface area contributed by atoms with Gasteiger partial charge in [0.25, 0.3) is 0 Å². The van der Waals surface area contributed by atoms with Gasteiger partial charge in [-0.3, -0.25) is 4.79 Å². The number of nitrogens with zero attached hydrogens (tertiary/aromatic N) is 1. The summed E-state index contributed by atoms with van der Waals surface area (Å²) < 4.78 is 13.1. The van der Waals surface area contributed by atoms with Crippen molar-refractivity contribution in [3.8, 4) is 6.07 Å². The number of hydrogen-bond acceptors (Lipinski definition) is 3. The van der Waals surface area contributed by atoms with Crippen LogP contribution < -0.4 is 10.6 Å². The summed E-state index contributed by atoms with van der Waals surface area (Å²) in [5.74, 6) is -2.20. The van der Waals surface area contributed by atoms with E-state index in [2.05, 4.69) is 10.6 Å². The fourth-order valence-electron chi connectivity index (χ4n) is 2.01. The number of carboxylic acid groups (broad SMARTS) is 1. The van der Waals surface area contributed by atoms with Gasteiger partial charge in [0, 0.05) is 5.69 Å². The number of benzene rings is 1. The zero-order valence-corrected chi connectivity index (χ0v) is 10.8. The lowest BCUT2D eigenvalue weighted by molar-refractivity contribution is -0.140. The summed E-state index contributed by atoms with van der Waals surface area (Å²) in [6, 6.07) is 4.40. The van der Waals surface area contributed by atoms with Gasteiger partial charge in [-0.1, -0.05) is 12.2 Å². The van der Waals surface area contributed by atoms with Gasteiger partial charge in [0.05, 0.1) is 17.5 Å². The van der Waals surface area contributed by atoms with Crippen molar-refractivity contribution in [2.24, 2.45) is 5.92 Å². The van der Waals surface area contributed by atoms with Gasteiger partial charge in [-0.15, -0.1) is 0 Å². The van der Waals surface area contributed by atoms with Crippen LogP contribution in [0.2, 0.25) is 0 Å². The summed E-state index contributed by atoms with van der Waals surface area (Å²) in [6.45, 7) is 0. The summed E-state index contributed by atoms with van der Waals surface area (Å²) in [7, 11) is 0. The number of carbonyl (C=O) groups excluding carboxylic acids is 1. The molecule has 1 aromatic rings. The van der Waals surface area contributed by atoms with Gasteiger partial charge < -0.3 is 15.7 Å². The largest absolute Gasteiger partial charge is 0.481 e. The molecule has 0 bridgehead atoms. The van der Waals surface area contributed by atoms with Crippen LogP contribution in [0.4, 0.5) is 14.9 Å². The van der Waals surface area contributed by atoms with Crippen molar-refractivity contribution in [2.45, 2.75) is 12.5 Å². The molecule has 21 heavy (non-hydrogen) atoms. The number of nitrogens with one attached hydrogen (secondary N) is 2. The van der Waals surface area contributed by atoms with Gasteiger partial charge >= 0.3 is 12.0 Å². The first kappa shape index (κ1) is 14.5. The number of nitriles is 1. The van der Waals surface area contributed by atoms with E-state index in [0.29, 0.717) is 0 Å². The molecule has 108 valence electrons. The molecule has 1 aromatic carbocycles. The van der Waals surface area contributed by atoms with E-state index in [1.165, 1.54) is 18.2 Å². The summed E-state index contributed by atoms with van der Waals surface area (Å²) in [5, 5.41) is 22.6. The highest BCUT2D eigenvalue weighted by atomic mass is 19.1. The molecule has 0 radical (unpaired) electrons. The van der Waals surface area contributed by atoms with Gasteiger partial charge in [-0.25, -0.2) is 9.18 Å². The third kappa shape index (κ3) is 3.57. The predicted molar refractivity (Wildman–Crippen MR) is 71.9 cm³/mol. The molecule has 1 aliphatic carbocycles. The normalized spacial score (nSPS) is 19.8. The topological polar surface area (TPSA) is 102 Å². The maximum atomic E-state index is 13.1. The van der Waals surface area contributed by atoms with Crippen LogP contribution in [0, 0.1) is 23.1 Å². The Bertz CT molecular complexity index is 651. The molecule has 0 heterocycles. The minimum atomic E-state index is -0.937. The van der Waals surface area contributed by atoms with Crippen LogP contribution in [-0.4, -0.2) is 23.1 Å². The lowest BCUT2D eigenvalue weighted by atomic mass is 10.1. The number of carboxylic acids is 1. The van der Waals surface area contributed by atoms with Crippen LogP contribution in [0.5, 0.6) is 0 Å². The number of aliphatic carboxylic acids is 1. The van der Waals surface area contributed by atoms with Gasteiger partial charge in [0.15, 0.2) is 0 Å². The summed E-state index contributed by atoms with van der Waals surface area (Å²) in [6.07, 6.45) is 3.43. The van der Waals surface area contributed by atoms with Crippen LogP contribution in [-0.2, 0) is 4.79 Å². The summed E-state index contributed by atoms with van der Waals surface area (Å²) in [5.41, 5.74) is 0.113. The molecule has 1 aliphatic rings. The lowest BCUT2D eigenvalue weighted by Crippen LogP contribution is -2.36. The fourth-order valence-corrected chi connectivity index (χ4v) is 2.01. The first-order valence-electron chi connectivity index (χ1n) is 6.18.